The molecule has 0 aromatic rings. The van der Waals surface area contributed by atoms with Crippen molar-refractivity contribution in [1.29, 1.82) is 0 Å². The van der Waals surface area contributed by atoms with Crippen molar-refractivity contribution < 1.29 is 53.2 Å². The van der Waals surface area contributed by atoms with Gasteiger partial charge in [-0.05, 0) is 0 Å². The van der Waals surface area contributed by atoms with Crippen LogP contribution in [0.5, 0.6) is 0 Å². The zero-order valence-electron chi connectivity index (χ0n) is 4.17. The molecule has 0 radical (unpaired) electrons. The molecule has 0 amide bonds. The predicted molar refractivity (Wildman–Crippen MR) is 24.8 cm³/mol. The maximum Gasteiger partial charge on any atom is 2.00 e. The number of hydrogen-bond donors (Lipinski definition) is 0. The molecule has 0 aromatic heterocycles. The Hall–Kier alpha value is -0.0769. The summed E-state index contributed by atoms with van der Waals surface area (Å²) >= 11 is 0. The Morgan fingerprint density at radius 3 is 0.889 bits per heavy atom. The van der Waals surface area contributed by atoms with Crippen molar-refractivity contribution in [2.45, 2.75) is 0 Å². The molecular weight excluding hydrogens is 217 g/mol. The minimum atomic E-state index is -1.75. The molecular formula is H8NO7Zr+. The summed E-state index contributed by atoms with van der Waals surface area (Å²) in [6.07, 6.45) is 0. The topological polar surface area (TPSA) is 192 Å². The average Bonchev–Trinajstić information content (AvgIpc) is 0.811. The smallest absolute Gasteiger partial charge is 0.412 e. The molecule has 0 bridgehead atoms. The number of hydrogen-bond acceptors (Lipinski definition) is 3. The van der Waals surface area contributed by atoms with Crippen molar-refractivity contribution in [3.8, 4) is 0 Å². The molecule has 9 heteroatoms. The van der Waals surface area contributed by atoms with Gasteiger partial charge in [0, 0.05) is 0 Å². The number of nitrogens with zero attached hydrogens (tertiary/aromatic N) is 1. The summed E-state index contributed by atoms with van der Waals surface area (Å²) in [6.45, 7) is 0. The van der Waals surface area contributed by atoms with Gasteiger partial charge in [0.25, 0.3) is 0 Å². The van der Waals surface area contributed by atoms with E-state index in [2.05, 4.69) is 0 Å². The molecule has 0 fully saturated rings. The minimum Gasteiger partial charge on any atom is -0.412 e. The van der Waals surface area contributed by atoms with Gasteiger partial charge in [0.05, 0.1) is 5.09 Å². The first-order valence-corrected chi connectivity index (χ1v) is 0.548. The second-order valence-electron chi connectivity index (χ2n) is 0.224. The maximum absolute atomic E-state index is 8.25. The molecule has 0 aliphatic rings. The third-order valence-corrected chi connectivity index (χ3v) is 0. The molecule has 0 atom stereocenters. The van der Waals surface area contributed by atoms with E-state index in [-0.39, 0.29) is 48.1 Å². The molecule has 0 unspecified atom stereocenters. The Balaban J connectivity index is -0.00000000450. The summed E-state index contributed by atoms with van der Waals surface area (Å²) in [6, 6.07) is 0. The van der Waals surface area contributed by atoms with Crippen molar-refractivity contribution in [2.24, 2.45) is 0 Å². The van der Waals surface area contributed by atoms with Gasteiger partial charge in [-0.25, -0.2) is 0 Å². The molecule has 8 nitrogen and oxygen atoms in total. The number of rotatable bonds is 0. The van der Waals surface area contributed by atoms with E-state index >= 15 is 0 Å². The normalized spacial score (nSPS) is 2.67. The summed E-state index contributed by atoms with van der Waals surface area (Å²) in [7, 11) is 0. The Kier molecular flexibility index (Phi) is 324. The Morgan fingerprint density at radius 2 is 0.889 bits per heavy atom. The quantitative estimate of drug-likeness (QED) is 0.305. The molecule has 0 spiro atoms. The van der Waals surface area contributed by atoms with E-state index < -0.39 is 5.09 Å². The maximum atomic E-state index is 8.25. The van der Waals surface area contributed by atoms with Gasteiger partial charge in [0.2, 0.25) is 0 Å². The third kappa shape index (κ3) is 47000. The molecule has 58 valence electrons. The molecule has 0 saturated heterocycles. The van der Waals surface area contributed by atoms with Crippen LogP contribution in [0.2, 0.25) is 0 Å². The monoisotopic (exact) mass is 224 g/mol. The van der Waals surface area contributed by atoms with Gasteiger partial charge in [-0.15, -0.1) is 0 Å². The Morgan fingerprint density at radius 1 is 0.889 bits per heavy atom. The predicted octanol–water partition coefficient (Wildman–Crippen LogP) is -3.54. The Bertz CT molecular complexity index is 31.9. The third-order valence-electron chi connectivity index (χ3n) is 0. The van der Waals surface area contributed by atoms with E-state index in [4.69, 9.17) is 15.3 Å². The molecule has 8 N–H and O–H groups in total. The van der Waals surface area contributed by atoms with E-state index in [1.54, 1.807) is 0 Å². The summed E-state index contributed by atoms with van der Waals surface area (Å²) in [5.74, 6) is 0. The van der Waals surface area contributed by atoms with Gasteiger partial charge in [0.1, 0.15) is 0 Å². The van der Waals surface area contributed by atoms with Crippen LogP contribution in [0.15, 0.2) is 0 Å². The fourth-order valence-corrected chi connectivity index (χ4v) is 0. The average molecular weight is 225 g/mol. The van der Waals surface area contributed by atoms with Crippen molar-refractivity contribution in [2.75, 3.05) is 0 Å². The molecule has 0 aliphatic carbocycles. The minimum absolute atomic E-state index is 0. The van der Waals surface area contributed by atoms with Gasteiger partial charge in [-0.1, -0.05) is 0 Å². The van der Waals surface area contributed by atoms with Crippen molar-refractivity contribution in [1.82, 2.24) is 0 Å². The summed E-state index contributed by atoms with van der Waals surface area (Å²) < 4.78 is 0. The molecule has 0 aliphatic heterocycles. The van der Waals surface area contributed by atoms with Crippen LogP contribution in [-0.2, 0) is 26.2 Å². The van der Waals surface area contributed by atoms with Crippen molar-refractivity contribution >= 4 is 0 Å². The molecule has 0 saturated carbocycles. The van der Waals surface area contributed by atoms with Crippen LogP contribution >= 0.6 is 0 Å². The van der Waals surface area contributed by atoms with Crippen LogP contribution in [0.1, 0.15) is 0 Å². The van der Waals surface area contributed by atoms with Gasteiger partial charge >= 0.3 is 26.2 Å². The molecule has 0 rings (SSSR count). The van der Waals surface area contributed by atoms with Gasteiger partial charge in [-0.2, -0.15) is 0 Å². The van der Waals surface area contributed by atoms with E-state index in [9.17, 15) is 0 Å². The standard InChI is InChI=1S/NO3.4H2O.Zr/c2-1(3)4;;;;;/h;4*1H2;/q-1;;;;;+2. The van der Waals surface area contributed by atoms with Crippen LogP contribution in [0.3, 0.4) is 0 Å². The first-order valence-electron chi connectivity index (χ1n) is 0.548. The van der Waals surface area contributed by atoms with E-state index in [1.165, 1.54) is 0 Å². The van der Waals surface area contributed by atoms with Gasteiger partial charge < -0.3 is 37.2 Å². The largest absolute Gasteiger partial charge is 2.00 e. The van der Waals surface area contributed by atoms with E-state index in [0.29, 0.717) is 0 Å². The van der Waals surface area contributed by atoms with E-state index in [1.807, 2.05) is 0 Å². The van der Waals surface area contributed by atoms with Gasteiger partial charge in [0.15, 0.2) is 0 Å². The van der Waals surface area contributed by atoms with Crippen molar-refractivity contribution in [3.63, 3.8) is 0 Å². The zero-order valence-corrected chi connectivity index (χ0v) is 6.63. The summed E-state index contributed by atoms with van der Waals surface area (Å²) in [5, 5.41) is 14.8. The second-order valence-corrected chi connectivity index (χ2v) is 0.224. The van der Waals surface area contributed by atoms with Gasteiger partial charge in [-0.3, -0.25) is 0 Å². The van der Waals surface area contributed by atoms with E-state index in [0.717, 1.165) is 0 Å². The zero-order chi connectivity index (χ0) is 3.58. The molecule has 9 heavy (non-hydrogen) atoms. The first-order chi connectivity index (χ1) is 1.73. The first kappa shape index (κ1) is 65.6. The second kappa shape index (κ2) is 44.4. The SMILES string of the molecule is O.O.O.O.O=[N+]([O-])[O-].[Zr+2]. The van der Waals surface area contributed by atoms with Crippen LogP contribution in [0.4, 0.5) is 0 Å². The summed E-state index contributed by atoms with van der Waals surface area (Å²) in [4.78, 5) is 8.25. The molecule has 0 heterocycles. The fraction of sp³-hybridized carbons (Fsp3) is 0. The molecule has 0 aromatic carbocycles. The van der Waals surface area contributed by atoms with Crippen LogP contribution < -0.4 is 0 Å². The van der Waals surface area contributed by atoms with Crippen LogP contribution in [-0.4, -0.2) is 27.0 Å². The van der Waals surface area contributed by atoms with Crippen LogP contribution in [0.25, 0.3) is 0 Å². The van der Waals surface area contributed by atoms with Crippen LogP contribution in [0, 0.1) is 15.3 Å². The Labute approximate surface area is 68.9 Å². The summed E-state index contributed by atoms with van der Waals surface area (Å²) in [5.41, 5.74) is 0. The van der Waals surface area contributed by atoms with Crippen molar-refractivity contribution in [3.05, 3.63) is 15.3 Å². The fourth-order valence-electron chi connectivity index (χ4n) is 0.